The number of phenolic OH excluding ortho intramolecular Hbond substituents is 2. The molecular weight excluding hydrogens is 485 g/mol. The molecule has 0 fully saturated rings. The highest BCUT2D eigenvalue weighted by Crippen LogP contribution is 2.32. The van der Waals surface area contributed by atoms with E-state index in [1.165, 1.54) is 37.1 Å². The van der Waals surface area contributed by atoms with Gasteiger partial charge < -0.3 is 19.7 Å². The van der Waals surface area contributed by atoms with Crippen LogP contribution in [0.5, 0.6) is 23.0 Å². The summed E-state index contributed by atoms with van der Waals surface area (Å²) in [5, 5.41) is 24.1. The maximum atomic E-state index is 13.3. The summed E-state index contributed by atoms with van der Waals surface area (Å²) in [5.41, 5.74) is 1.91. The number of aromatic hydroxyl groups is 2. The number of hydrogen-bond acceptors (Lipinski definition) is 5. The zero-order valence-corrected chi connectivity index (χ0v) is 19.9. The van der Waals surface area contributed by atoms with Crippen molar-refractivity contribution < 1.29 is 32.9 Å². The SMILES string of the molecule is COc1cc(/C=C/c2cc(/C=C/c3ccc(O)c(OC)c3)n(-c3cccc(C(F)(F)F)c3)n2)ccc1O. The van der Waals surface area contributed by atoms with E-state index in [0.29, 0.717) is 28.5 Å². The Hall–Kier alpha value is -4.66. The maximum absolute atomic E-state index is 13.3. The predicted octanol–water partition coefficient (Wildman–Crippen LogP) is 6.66. The van der Waals surface area contributed by atoms with E-state index in [4.69, 9.17) is 9.47 Å². The molecule has 1 heterocycles. The minimum absolute atomic E-state index is 0.00626. The van der Waals surface area contributed by atoms with Crippen molar-refractivity contribution in [3.05, 3.63) is 94.8 Å². The average molecular weight is 508 g/mol. The van der Waals surface area contributed by atoms with E-state index in [1.807, 2.05) is 0 Å². The second-order valence-electron chi connectivity index (χ2n) is 7.98. The molecule has 0 aliphatic heterocycles. The second kappa shape index (κ2) is 10.5. The van der Waals surface area contributed by atoms with Crippen LogP contribution in [0.15, 0.2) is 66.7 Å². The summed E-state index contributed by atoms with van der Waals surface area (Å²) >= 11 is 0. The van der Waals surface area contributed by atoms with Crippen molar-refractivity contribution in [2.24, 2.45) is 0 Å². The first-order valence-electron chi connectivity index (χ1n) is 11.1. The summed E-state index contributed by atoms with van der Waals surface area (Å²) in [6.07, 6.45) is 2.40. The van der Waals surface area contributed by atoms with E-state index in [-0.39, 0.29) is 17.2 Å². The largest absolute Gasteiger partial charge is 0.504 e. The Morgan fingerprint density at radius 2 is 1.35 bits per heavy atom. The molecule has 4 aromatic rings. The fourth-order valence-corrected chi connectivity index (χ4v) is 3.59. The number of halogens is 3. The highest BCUT2D eigenvalue weighted by atomic mass is 19.4. The number of alkyl halides is 3. The number of benzene rings is 3. The third kappa shape index (κ3) is 5.95. The van der Waals surface area contributed by atoms with Gasteiger partial charge in [-0.25, -0.2) is 4.68 Å². The van der Waals surface area contributed by atoms with Gasteiger partial charge in [0.15, 0.2) is 23.0 Å². The number of methoxy groups -OCH3 is 2. The number of hydrogen-bond donors (Lipinski definition) is 2. The number of phenols is 2. The molecular formula is C28H23F3N2O4. The molecule has 9 heteroatoms. The van der Waals surface area contributed by atoms with Crippen LogP contribution >= 0.6 is 0 Å². The van der Waals surface area contributed by atoms with E-state index < -0.39 is 11.7 Å². The third-order valence-corrected chi connectivity index (χ3v) is 5.47. The first-order chi connectivity index (χ1) is 17.7. The average Bonchev–Trinajstić information content (AvgIpc) is 3.30. The standard InChI is InChI=1S/C28H23F3N2O4/c1-36-26-14-18(8-12-24(26)34)6-10-21-17-23(11-7-19-9-13-25(35)27(15-19)37-2)33(32-21)22-5-3-4-20(16-22)28(29,30)31/h3-17,34-35H,1-2H3/b10-6+,11-7+. The summed E-state index contributed by atoms with van der Waals surface area (Å²) in [4.78, 5) is 0. The van der Waals surface area contributed by atoms with Crippen LogP contribution in [0.1, 0.15) is 28.1 Å². The van der Waals surface area contributed by atoms with Gasteiger partial charge in [-0.05, 0) is 71.8 Å². The van der Waals surface area contributed by atoms with Gasteiger partial charge in [-0.2, -0.15) is 18.3 Å². The van der Waals surface area contributed by atoms with Crippen LogP contribution in [0.2, 0.25) is 0 Å². The smallest absolute Gasteiger partial charge is 0.416 e. The monoisotopic (exact) mass is 508 g/mol. The van der Waals surface area contributed by atoms with Crippen LogP contribution in [-0.4, -0.2) is 34.2 Å². The maximum Gasteiger partial charge on any atom is 0.416 e. The molecule has 0 saturated heterocycles. The number of aromatic nitrogens is 2. The van der Waals surface area contributed by atoms with Crippen molar-refractivity contribution in [2.45, 2.75) is 6.18 Å². The topological polar surface area (TPSA) is 76.7 Å². The van der Waals surface area contributed by atoms with Crippen molar-refractivity contribution in [2.75, 3.05) is 14.2 Å². The lowest BCUT2D eigenvalue weighted by atomic mass is 10.1. The van der Waals surface area contributed by atoms with Crippen LogP contribution in [0.3, 0.4) is 0 Å². The van der Waals surface area contributed by atoms with Gasteiger partial charge in [-0.1, -0.05) is 30.4 Å². The lowest BCUT2D eigenvalue weighted by molar-refractivity contribution is -0.137. The van der Waals surface area contributed by atoms with E-state index in [0.717, 1.165) is 17.7 Å². The highest BCUT2D eigenvalue weighted by Gasteiger charge is 2.30. The van der Waals surface area contributed by atoms with Gasteiger partial charge >= 0.3 is 6.18 Å². The zero-order valence-electron chi connectivity index (χ0n) is 19.9. The summed E-state index contributed by atoms with van der Waals surface area (Å²) in [6, 6.07) is 16.3. The van der Waals surface area contributed by atoms with E-state index >= 15 is 0 Å². The van der Waals surface area contributed by atoms with Gasteiger partial charge in [0, 0.05) is 0 Å². The molecule has 6 nitrogen and oxygen atoms in total. The summed E-state index contributed by atoms with van der Waals surface area (Å²) < 4.78 is 51.7. The number of ether oxygens (including phenoxy) is 2. The zero-order chi connectivity index (χ0) is 26.6. The lowest BCUT2D eigenvalue weighted by Gasteiger charge is -2.10. The highest BCUT2D eigenvalue weighted by molar-refractivity contribution is 5.74. The Kier molecular flexibility index (Phi) is 7.24. The van der Waals surface area contributed by atoms with E-state index in [1.54, 1.807) is 60.7 Å². The molecule has 2 N–H and O–H groups in total. The van der Waals surface area contributed by atoms with Crippen molar-refractivity contribution in [1.29, 1.82) is 0 Å². The number of nitrogens with zero attached hydrogens (tertiary/aromatic N) is 2. The van der Waals surface area contributed by atoms with Crippen LogP contribution in [0.25, 0.3) is 30.0 Å². The van der Waals surface area contributed by atoms with Crippen molar-refractivity contribution >= 4 is 24.3 Å². The first kappa shape index (κ1) is 25.4. The normalized spacial score (nSPS) is 11.9. The molecule has 0 unspecified atom stereocenters. The molecule has 1 aromatic heterocycles. The van der Waals surface area contributed by atoms with Crippen LogP contribution in [0.4, 0.5) is 13.2 Å². The molecule has 0 bridgehead atoms. The molecule has 0 aliphatic rings. The predicted molar refractivity (Wildman–Crippen MR) is 136 cm³/mol. The second-order valence-corrected chi connectivity index (χ2v) is 7.98. The quantitative estimate of drug-likeness (QED) is 0.292. The van der Waals surface area contributed by atoms with Gasteiger partial charge in [-0.3, -0.25) is 0 Å². The molecule has 3 aromatic carbocycles. The van der Waals surface area contributed by atoms with Crippen LogP contribution in [0, 0.1) is 0 Å². The minimum Gasteiger partial charge on any atom is -0.504 e. The summed E-state index contributed by atoms with van der Waals surface area (Å²) in [7, 11) is 2.88. The van der Waals surface area contributed by atoms with Gasteiger partial charge in [0.25, 0.3) is 0 Å². The summed E-state index contributed by atoms with van der Waals surface area (Å²) in [5.74, 6) is 0.602. The summed E-state index contributed by atoms with van der Waals surface area (Å²) in [6.45, 7) is 0. The van der Waals surface area contributed by atoms with Crippen molar-refractivity contribution in [3.8, 4) is 28.7 Å². The minimum atomic E-state index is -4.50. The molecule has 0 saturated carbocycles. The Morgan fingerprint density at radius 1 is 0.757 bits per heavy atom. The number of rotatable bonds is 7. The molecule has 0 amide bonds. The molecule has 0 spiro atoms. The van der Waals surface area contributed by atoms with Crippen LogP contribution in [-0.2, 0) is 6.18 Å². The Morgan fingerprint density at radius 3 is 1.92 bits per heavy atom. The third-order valence-electron chi connectivity index (χ3n) is 5.47. The van der Waals surface area contributed by atoms with Gasteiger partial charge in [0.2, 0.25) is 0 Å². The Bertz CT molecular complexity index is 1470. The van der Waals surface area contributed by atoms with Crippen LogP contribution < -0.4 is 9.47 Å². The van der Waals surface area contributed by atoms with Gasteiger partial charge in [-0.15, -0.1) is 0 Å². The van der Waals surface area contributed by atoms with Crippen molar-refractivity contribution in [3.63, 3.8) is 0 Å². The fourth-order valence-electron chi connectivity index (χ4n) is 3.59. The van der Waals surface area contributed by atoms with E-state index in [9.17, 15) is 23.4 Å². The van der Waals surface area contributed by atoms with Gasteiger partial charge in [0.1, 0.15) is 0 Å². The van der Waals surface area contributed by atoms with Crippen molar-refractivity contribution in [1.82, 2.24) is 9.78 Å². The molecule has 190 valence electrons. The lowest BCUT2D eigenvalue weighted by Crippen LogP contribution is -2.07. The molecule has 37 heavy (non-hydrogen) atoms. The Labute approximate surface area is 211 Å². The fraction of sp³-hybridized carbons (Fsp3) is 0.107. The first-order valence-corrected chi connectivity index (χ1v) is 11.1. The Balaban J connectivity index is 1.74. The van der Waals surface area contributed by atoms with Gasteiger partial charge in [0.05, 0.1) is 36.9 Å². The molecule has 4 rings (SSSR count). The molecule has 0 aliphatic carbocycles. The van der Waals surface area contributed by atoms with E-state index in [2.05, 4.69) is 5.10 Å². The molecule has 0 radical (unpaired) electrons. The molecule has 0 atom stereocenters.